The first-order valence-corrected chi connectivity index (χ1v) is 11.1. The maximum Gasteiger partial charge on any atom is 0.348 e. The molecule has 0 atom stereocenters. The van der Waals surface area contributed by atoms with Crippen LogP contribution < -0.4 is 5.32 Å². The molecule has 1 N–H and O–H groups in total. The molecule has 31 heavy (non-hydrogen) atoms. The number of nitrogens with zero attached hydrogens (tertiary/aromatic N) is 1. The van der Waals surface area contributed by atoms with E-state index in [1.165, 1.54) is 18.4 Å². The molecule has 0 spiro atoms. The third kappa shape index (κ3) is 4.32. The summed E-state index contributed by atoms with van der Waals surface area (Å²) in [7, 11) is 1.34. The molecular weight excluding hydrogens is 412 g/mol. The fraction of sp³-hybridized carbons (Fsp3) is 0.292. The van der Waals surface area contributed by atoms with Crippen molar-refractivity contribution >= 4 is 44.9 Å². The molecule has 2 aromatic carbocycles. The summed E-state index contributed by atoms with van der Waals surface area (Å²) in [6.07, 6.45) is 1.22. The number of methoxy groups -OCH3 is 1. The number of aryl methyl sites for hydroxylation is 1. The average molecular weight is 437 g/mol. The predicted octanol–water partition coefficient (Wildman–Crippen LogP) is 4.49. The van der Waals surface area contributed by atoms with Gasteiger partial charge in [0.1, 0.15) is 4.88 Å². The molecule has 3 aromatic rings. The maximum atomic E-state index is 13.1. The molecule has 2 amide bonds. The van der Waals surface area contributed by atoms with Crippen LogP contribution in [0.3, 0.4) is 0 Å². The Bertz CT molecular complexity index is 1140. The minimum atomic E-state index is -0.400. The summed E-state index contributed by atoms with van der Waals surface area (Å²) in [6, 6.07) is 15.4. The first-order chi connectivity index (χ1) is 15.0. The Morgan fingerprint density at radius 1 is 1.06 bits per heavy atom. The van der Waals surface area contributed by atoms with Crippen LogP contribution in [0.4, 0.5) is 5.00 Å². The van der Waals surface area contributed by atoms with Crippen molar-refractivity contribution in [2.75, 3.05) is 25.5 Å². The van der Waals surface area contributed by atoms with E-state index >= 15 is 0 Å². The number of amides is 2. The highest BCUT2D eigenvalue weighted by Crippen LogP contribution is 2.29. The maximum absolute atomic E-state index is 13.1. The molecule has 6 nitrogen and oxygen atoms in total. The number of thiophene rings is 1. The topological polar surface area (TPSA) is 75.7 Å². The Morgan fingerprint density at radius 2 is 1.77 bits per heavy atom. The van der Waals surface area contributed by atoms with E-state index in [-0.39, 0.29) is 17.7 Å². The number of carbonyl (C=O) groups excluding carboxylic acids is 3. The molecule has 7 heteroatoms. The summed E-state index contributed by atoms with van der Waals surface area (Å²) in [5.41, 5.74) is 1.48. The van der Waals surface area contributed by atoms with Crippen LogP contribution in [-0.2, 0) is 9.53 Å². The largest absolute Gasteiger partial charge is 0.465 e. The van der Waals surface area contributed by atoms with Gasteiger partial charge in [-0.05, 0) is 48.2 Å². The predicted molar refractivity (Wildman–Crippen MR) is 122 cm³/mol. The molecule has 0 unspecified atom stereocenters. The van der Waals surface area contributed by atoms with Crippen molar-refractivity contribution in [3.63, 3.8) is 0 Å². The molecule has 1 aliphatic heterocycles. The van der Waals surface area contributed by atoms with Gasteiger partial charge in [-0.2, -0.15) is 0 Å². The zero-order chi connectivity index (χ0) is 22.0. The molecule has 1 fully saturated rings. The van der Waals surface area contributed by atoms with Crippen molar-refractivity contribution in [3.05, 3.63) is 64.5 Å². The molecule has 0 bridgehead atoms. The van der Waals surface area contributed by atoms with Gasteiger partial charge < -0.3 is 15.0 Å². The highest BCUT2D eigenvalue weighted by atomic mass is 32.1. The van der Waals surface area contributed by atoms with E-state index in [1.807, 2.05) is 54.3 Å². The van der Waals surface area contributed by atoms with Gasteiger partial charge in [-0.3, -0.25) is 9.59 Å². The van der Waals surface area contributed by atoms with Crippen LogP contribution in [0, 0.1) is 12.8 Å². The molecular formula is C24H24N2O4S. The van der Waals surface area contributed by atoms with Crippen LogP contribution in [0.5, 0.6) is 0 Å². The summed E-state index contributed by atoms with van der Waals surface area (Å²) in [6.45, 7) is 2.89. The second-order valence-electron chi connectivity index (χ2n) is 7.70. The van der Waals surface area contributed by atoms with Gasteiger partial charge in [-0.25, -0.2) is 4.79 Å². The van der Waals surface area contributed by atoms with Gasteiger partial charge in [0, 0.05) is 24.6 Å². The first kappa shape index (κ1) is 21.1. The second kappa shape index (κ2) is 8.89. The smallest absolute Gasteiger partial charge is 0.348 e. The summed E-state index contributed by atoms with van der Waals surface area (Å²) < 4.78 is 4.77. The third-order valence-corrected chi connectivity index (χ3v) is 6.84. The zero-order valence-electron chi connectivity index (χ0n) is 17.5. The van der Waals surface area contributed by atoms with E-state index < -0.39 is 5.97 Å². The third-order valence-electron chi connectivity index (χ3n) is 5.71. The number of likely N-dealkylation sites (tertiary alicyclic amines) is 1. The Labute approximate surface area is 184 Å². The van der Waals surface area contributed by atoms with Gasteiger partial charge in [0.15, 0.2) is 0 Å². The van der Waals surface area contributed by atoms with Crippen LogP contribution in [0.25, 0.3) is 10.8 Å². The molecule has 0 aliphatic carbocycles. The molecule has 0 radical (unpaired) electrons. The molecule has 0 saturated carbocycles. The van der Waals surface area contributed by atoms with Crippen molar-refractivity contribution in [1.82, 2.24) is 4.90 Å². The normalized spacial score (nSPS) is 14.5. The van der Waals surface area contributed by atoms with Gasteiger partial charge in [0.2, 0.25) is 5.91 Å². The van der Waals surface area contributed by atoms with E-state index in [0.29, 0.717) is 41.4 Å². The molecule has 160 valence electrons. The fourth-order valence-electron chi connectivity index (χ4n) is 3.99. The van der Waals surface area contributed by atoms with Gasteiger partial charge in [0.05, 0.1) is 12.1 Å². The average Bonchev–Trinajstić information content (AvgIpc) is 3.17. The summed E-state index contributed by atoms with van der Waals surface area (Å²) in [5, 5.41) is 5.55. The Kier molecular flexibility index (Phi) is 6.04. The summed E-state index contributed by atoms with van der Waals surface area (Å²) in [5.74, 6) is -0.633. The van der Waals surface area contributed by atoms with Crippen molar-refractivity contribution in [2.45, 2.75) is 19.8 Å². The number of benzene rings is 2. The highest BCUT2D eigenvalue weighted by Gasteiger charge is 2.29. The van der Waals surface area contributed by atoms with Crippen LogP contribution in [0.1, 0.15) is 38.4 Å². The zero-order valence-corrected chi connectivity index (χ0v) is 18.3. The molecule has 1 aliphatic rings. The lowest BCUT2D eigenvalue weighted by atomic mass is 9.95. The number of piperidine rings is 1. The first-order valence-electron chi connectivity index (χ1n) is 10.2. The van der Waals surface area contributed by atoms with Crippen molar-refractivity contribution in [3.8, 4) is 0 Å². The number of hydrogen-bond acceptors (Lipinski definition) is 5. The summed E-state index contributed by atoms with van der Waals surface area (Å²) in [4.78, 5) is 39.9. The van der Waals surface area contributed by atoms with E-state index in [1.54, 1.807) is 6.07 Å². The van der Waals surface area contributed by atoms with Crippen molar-refractivity contribution < 1.29 is 19.1 Å². The second-order valence-corrected chi connectivity index (χ2v) is 8.75. The number of nitrogens with one attached hydrogen (secondary N) is 1. The summed E-state index contributed by atoms with van der Waals surface area (Å²) >= 11 is 1.22. The van der Waals surface area contributed by atoms with E-state index in [9.17, 15) is 14.4 Å². The lowest BCUT2D eigenvalue weighted by molar-refractivity contribution is -0.121. The number of ether oxygens (including phenoxy) is 1. The number of carbonyl (C=O) groups is 3. The molecule has 4 rings (SSSR count). The standard InChI is InChI=1S/C24H24N2O4S/c1-15-14-20(31-21(15)24(29)30-2)25-22(27)17-10-12-26(13-11-17)23(28)19-9-5-7-16-6-3-4-8-18(16)19/h3-9,14,17H,10-13H2,1-2H3,(H,25,27). The lowest BCUT2D eigenvalue weighted by Gasteiger charge is -2.31. The number of anilines is 1. The monoisotopic (exact) mass is 436 g/mol. The highest BCUT2D eigenvalue weighted by molar-refractivity contribution is 7.18. The van der Waals surface area contributed by atoms with E-state index in [4.69, 9.17) is 4.74 Å². The number of esters is 1. The minimum absolute atomic E-state index is 0.00672. The fourth-order valence-corrected chi connectivity index (χ4v) is 4.98. The number of fused-ring (bicyclic) bond motifs is 1. The quantitative estimate of drug-likeness (QED) is 0.612. The van der Waals surface area contributed by atoms with Crippen LogP contribution in [0.2, 0.25) is 0 Å². The van der Waals surface area contributed by atoms with Crippen LogP contribution in [-0.4, -0.2) is 42.9 Å². The van der Waals surface area contributed by atoms with E-state index in [0.717, 1.165) is 16.3 Å². The SMILES string of the molecule is COC(=O)c1sc(NC(=O)C2CCN(C(=O)c3cccc4ccccc34)CC2)cc1C. The lowest BCUT2D eigenvalue weighted by Crippen LogP contribution is -2.41. The Balaban J connectivity index is 1.39. The minimum Gasteiger partial charge on any atom is -0.465 e. The van der Waals surface area contributed by atoms with Crippen LogP contribution in [0.15, 0.2) is 48.5 Å². The number of rotatable bonds is 4. The van der Waals surface area contributed by atoms with Gasteiger partial charge in [-0.15, -0.1) is 11.3 Å². The van der Waals surface area contributed by atoms with Gasteiger partial charge in [0.25, 0.3) is 5.91 Å². The van der Waals surface area contributed by atoms with Gasteiger partial charge >= 0.3 is 5.97 Å². The Hall–Kier alpha value is -3.19. The van der Waals surface area contributed by atoms with E-state index in [2.05, 4.69) is 5.32 Å². The van der Waals surface area contributed by atoms with Crippen molar-refractivity contribution in [2.24, 2.45) is 5.92 Å². The molecule has 1 aromatic heterocycles. The van der Waals surface area contributed by atoms with Crippen molar-refractivity contribution in [1.29, 1.82) is 0 Å². The number of hydrogen-bond donors (Lipinski definition) is 1. The van der Waals surface area contributed by atoms with Gasteiger partial charge in [-0.1, -0.05) is 36.4 Å². The molecule has 1 saturated heterocycles. The molecule has 2 heterocycles. The Morgan fingerprint density at radius 3 is 2.52 bits per heavy atom. The van der Waals surface area contributed by atoms with Crippen LogP contribution >= 0.6 is 11.3 Å².